The summed E-state index contributed by atoms with van der Waals surface area (Å²) in [5.41, 5.74) is 1.09. The molecule has 0 aliphatic carbocycles. The van der Waals surface area contributed by atoms with Crippen molar-refractivity contribution < 1.29 is 68.9 Å². The molecule has 0 amide bonds. The van der Waals surface area contributed by atoms with Gasteiger partial charge in [-0.2, -0.15) is 31.4 Å². The van der Waals surface area contributed by atoms with Crippen molar-refractivity contribution in [1.29, 1.82) is 0 Å². The monoisotopic (exact) mass is 254 g/mol. The Balaban J connectivity index is 0. The number of rotatable bonds is 3. The Bertz CT molecular complexity index is 132. The van der Waals surface area contributed by atoms with Gasteiger partial charge < -0.3 is 0 Å². The summed E-state index contributed by atoms with van der Waals surface area (Å²) in [6, 6.07) is 0. The molecule has 1 heteroatoms. The summed E-state index contributed by atoms with van der Waals surface area (Å²) in [4.78, 5) is 0. The first-order valence-corrected chi connectivity index (χ1v) is 3.07. The van der Waals surface area contributed by atoms with Crippen molar-refractivity contribution in [3.8, 4) is 0 Å². The Hall–Kier alpha value is 1.27. The minimum atomic E-state index is 0. The third-order valence-corrected chi connectivity index (χ3v) is 1.13. The molecule has 0 aliphatic heterocycles. The van der Waals surface area contributed by atoms with E-state index >= 15 is 0 Å². The SMILES string of the molecule is C=C[C-]=CC(=C)C(C)C.[Cs+]. The fraction of sp³-hybridized carbons (Fsp3) is 0.333. The van der Waals surface area contributed by atoms with E-state index in [1.54, 1.807) is 6.08 Å². The zero-order valence-corrected chi connectivity index (χ0v) is 13.4. The van der Waals surface area contributed by atoms with Crippen LogP contribution in [0.5, 0.6) is 0 Å². The Morgan fingerprint density at radius 1 is 1.50 bits per heavy atom. The molecule has 0 heterocycles. The average Bonchev–Trinajstić information content (AvgIpc) is 1.82. The molecule has 0 N–H and O–H groups in total. The van der Waals surface area contributed by atoms with Crippen molar-refractivity contribution in [3.63, 3.8) is 0 Å². The zero-order valence-electron chi connectivity index (χ0n) is 7.15. The predicted octanol–water partition coefficient (Wildman–Crippen LogP) is -0.252. The second-order valence-corrected chi connectivity index (χ2v) is 2.24. The van der Waals surface area contributed by atoms with Gasteiger partial charge in [0.15, 0.2) is 0 Å². The van der Waals surface area contributed by atoms with Gasteiger partial charge in [0.2, 0.25) is 0 Å². The van der Waals surface area contributed by atoms with Crippen LogP contribution < -0.4 is 68.9 Å². The molecular formula is C9H13Cs. The molecule has 10 heavy (non-hydrogen) atoms. The van der Waals surface area contributed by atoms with E-state index in [1.165, 1.54) is 0 Å². The fourth-order valence-corrected chi connectivity index (χ4v) is 0.333. The van der Waals surface area contributed by atoms with Crippen LogP contribution in [0.1, 0.15) is 13.8 Å². The van der Waals surface area contributed by atoms with Gasteiger partial charge in [-0.1, -0.05) is 19.8 Å². The molecule has 0 atom stereocenters. The van der Waals surface area contributed by atoms with Crippen LogP contribution in [-0.4, -0.2) is 0 Å². The Morgan fingerprint density at radius 2 is 2.00 bits per heavy atom. The van der Waals surface area contributed by atoms with Crippen LogP contribution in [0.4, 0.5) is 0 Å². The minimum absolute atomic E-state index is 0. The minimum Gasteiger partial charge on any atom is -0.194 e. The summed E-state index contributed by atoms with van der Waals surface area (Å²) < 4.78 is 0. The van der Waals surface area contributed by atoms with Crippen LogP contribution >= 0.6 is 0 Å². The van der Waals surface area contributed by atoms with Crippen molar-refractivity contribution >= 4 is 0 Å². The van der Waals surface area contributed by atoms with E-state index in [1.807, 2.05) is 6.08 Å². The predicted molar refractivity (Wildman–Crippen MR) is 42.0 cm³/mol. The van der Waals surface area contributed by atoms with Crippen molar-refractivity contribution in [3.05, 3.63) is 37.0 Å². The standard InChI is InChI=1S/C9H13.Cs/c1-5-6-7-9(4)8(2)3;/h5,7-8H,1,4H2,2-3H3;/q-1;+1. The first-order valence-electron chi connectivity index (χ1n) is 3.07. The van der Waals surface area contributed by atoms with Crippen LogP contribution in [0, 0.1) is 12.0 Å². The summed E-state index contributed by atoms with van der Waals surface area (Å²) >= 11 is 0. The number of hydrogen-bond donors (Lipinski definition) is 0. The molecule has 0 saturated carbocycles. The molecule has 0 nitrogen and oxygen atoms in total. The van der Waals surface area contributed by atoms with Gasteiger partial charge in [0.1, 0.15) is 0 Å². The van der Waals surface area contributed by atoms with Gasteiger partial charge in [-0.05, 0) is 0 Å². The topological polar surface area (TPSA) is 0 Å². The summed E-state index contributed by atoms with van der Waals surface area (Å²) in [5, 5.41) is 0. The Kier molecular flexibility index (Phi) is 11.6. The molecule has 0 aromatic heterocycles. The summed E-state index contributed by atoms with van der Waals surface area (Å²) in [6.07, 6.45) is 6.36. The third-order valence-electron chi connectivity index (χ3n) is 1.13. The van der Waals surface area contributed by atoms with E-state index in [9.17, 15) is 0 Å². The first-order chi connectivity index (χ1) is 4.18. The van der Waals surface area contributed by atoms with E-state index in [-0.39, 0.29) is 68.9 Å². The second kappa shape index (κ2) is 8.37. The van der Waals surface area contributed by atoms with Crippen LogP contribution in [0.3, 0.4) is 0 Å². The fourth-order valence-electron chi connectivity index (χ4n) is 0.333. The maximum atomic E-state index is 3.83. The van der Waals surface area contributed by atoms with Crippen molar-refractivity contribution in [2.24, 2.45) is 5.92 Å². The Labute approximate surface area is 123 Å². The molecule has 0 radical (unpaired) electrons. The van der Waals surface area contributed by atoms with Gasteiger partial charge in [-0.25, -0.2) is 0 Å². The molecule has 0 aromatic rings. The first kappa shape index (κ1) is 13.8. The molecule has 50 valence electrons. The van der Waals surface area contributed by atoms with Gasteiger partial charge in [0.05, 0.1) is 0 Å². The van der Waals surface area contributed by atoms with Crippen LogP contribution in [-0.2, 0) is 0 Å². The molecule has 0 aliphatic rings. The van der Waals surface area contributed by atoms with E-state index in [4.69, 9.17) is 0 Å². The van der Waals surface area contributed by atoms with Gasteiger partial charge in [-0.3, -0.25) is 0 Å². The Morgan fingerprint density at radius 3 is 2.30 bits per heavy atom. The summed E-state index contributed by atoms with van der Waals surface area (Å²) in [5.74, 6) is 0.512. The van der Waals surface area contributed by atoms with Gasteiger partial charge in [0.25, 0.3) is 0 Å². The van der Waals surface area contributed by atoms with E-state index < -0.39 is 0 Å². The molecule has 0 fully saturated rings. The van der Waals surface area contributed by atoms with Gasteiger partial charge in [0, 0.05) is 0 Å². The van der Waals surface area contributed by atoms with Crippen molar-refractivity contribution in [2.45, 2.75) is 13.8 Å². The molecular weight excluding hydrogens is 241 g/mol. The van der Waals surface area contributed by atoms with Crippen molar-refractivity contribution in [1.82, 2.24) is 0 Å². The van der Waals surface area contributed by atoms with Crippen LogP contribution in [0.25, 0.3) is 0 Å². The van der Waals surface area contributed by atoms with E-state index in [0.717, 1.165) is 5.57 Å². The molecule has 0 aromatic carbocycles. The molecule has 0 unspecified atom stereocenters. The second-order valence-electron chi connectivity index (χ2n) is 2.24. The average molecular weight is 254 g/mol. The molecule has 0 rings (SSSR count). The van der Waals surface area contributed by atoms with E-state index in [0.29, 0.717) is 5.92 Å². The number of hydrogen-bond acceptors (Lipinski definition) is 0. The normalized spacial score (nSPS) is 9.50. The third kappa shape index (κ3) is 7.38. The van der Waals surface area contributed by atoms with Gasteiger partial charge >= 0.3 is 68.9 Å². The van der Waals surface area contributed by atoms with Crippen LogP contribution in [0.2, 0.25) is 0 Å². The van der Waals surface area contributed by atoms with Gasteiger partial charge in [-0.15, -0.1) is 5.57 Å². The summed E-state index contributed by atoms with van der Waals surface area (Å²) in [7, 11) is 0. The largest absolute Gasteiger partial charge is 1.00 e. The van der Waals surface area contributed by atoms with Crippen molar-refractivity contribution in [2.75, 3.05) is 0 Å². The molecule has 0 spiro atoms. The molecule has 0 saturated heterocycles. The van der Waals surface area contributed by atoms with Crippen LogP contribution in [0.15, 0.2) is 30.9 Å². The zero-order chi connectivity index (χ0) is 7.28. The maximum absolute atomic E-state index is 3.83. The van der Waals surface area contributed by atoms with E-state index in [2.05, 4.69) is 33.1 Å². The molecule has 0 bridgehead atoms. The smallest absolute Gasteiger partial charge is 0.194 e. The summed E-state index contributed by atoms with van der Waals surface area (Å²) in [6.45, 7) is 11.5. The number of allylic oxidation sites excluding steroid dienone is 4. The maximum Gasteiger partial charge on any atom is 1.00 e. The quantitative estimate of drug-likeness (QED) is 0.481.